The number of rotatable bonds is 10. The number of allylic oxidation sites excluding steroid dienone is 2. The van der Waals surface area contributed by atoms with Gasteiger partial charge in [0, 0.05) is 17.9 Å². The second kappa shape index (κ2) is 10.5. The van der Waals surface area contributed by atoms with Crippen LogP contribution in [0.5, 0.6) is 5.75 Å². The van der Waals surface area contributed by atoms with Gasteiger partial charge in [0.15, 0.2) is 5.79 Å². The van der Waals surface area contributed by atoms with Gasteiger partial charge in [-0.1, -0.05) is 36.8 Å². The van der Waals surface area contributed by atoms with Gasteiger partial charge in [-0.3, -0.25) is 4.79 Å². The maximum atomic E-state index is 10.5. The molecule has 1 saturated heterocycles. The van der Waals surface area contributed by atoms with E-state index in [-0.39, 0.29) is 18.4 Å². The van der Waals surface area contributed by atoms with Crippen molar-refractivity contribution in [2.75, 3.05) is 13.7 Å². The average Bonchev–Trinajstić information content (AvgIpc) is 2.64. The largest absolute Gasteiger partial charge is 0.496 e. The molecule has 1 fully saturated rings. The summed E-state index contributed by atoms with van der Waals surface area (Å²) < 4.78 is 17.7. The molecule has 0 spiro atoms. The highest BCUT2D eigenvalue weighted by Gasteiger charge is 2.37. The van der Waals surface area contributed by atoms with Crippen molar-refractivity contribution >= 4 is 5.97 Å². The highest BCUT2D eigenvalue weighted by atomic mass is 16.7. The quantitative estimate of drug-likeness (QED) is 0.454. The molecular weight excluding hydrogens is 344 g/mol. The monoisotopic (exact) mass is 376 g/mol. The van der Waals surface area contributed by atoms with Crippen molar-refractivity contribution in [3.05, 3.63) is 42.0 Å². The molecule has 1 aromatic carbocycles. The molecular formula is C22H32O5. The molecule has 1 aliphatic rings. The molecule has 0 aromatic heterocycles. The summed E-state index contributed by atoms with van der Waals surface area (Å²) in [6, 6.07) is 8.00. The summed E-state index contributed by atoms with van der Waals surface area (Å²) in [7, 11) is 1.68. The Balaban J connectivity index is 1.91. The number of ether oxygens (including phenoxy) is 3. The smallest absolute Gasteiger partial charge is 0.303 e. The summed E-state index contributed by atoms with van der Waals surface area (Å²) in [6.45, 7) is 4.52. The Labute approximate surface area is 162 Å². The van der Waals surface area contributed by atoms with Crippen LogP contribution < -0.4 is 4.74 Å². The number of carbonyl (C=O) groups is 1. The third kappa shape index (κ3) is 7.00. The number of carboxylic acids is 1. The normalized spacial score (nSPS) is 22.0. The SMILES string of the molecule is COc1ccccc1[C@H]1OC(C)(C)OC[C@H]1CC=CCCCCCC(=O)O. The zero-order chi connectivity index (χ0) is 19.7. The highest BCUT2D eigenvalue weighted by molar-refractivity contribution is 5.66. The first-order valence-corrected chi connectivity index (χ1v) is 9.74. The fraction of sp³-hybridized carbons (Fsp3) is 0.591. The number of hydrogen-bond acceptors (Lipinski definition) is 4. The predicted molar refractivity (Wildman–Crippen MR) is 105 cm³/mol. The molecule has 0 bridgehead atoms. The topological polar surface area (TPSA) is 65.0 Å². The second-order valence-corrected chi connectivity index (χ2v) is 7.45. The molecule has 0 radical (unpaired) electrons. The number of methoxy groups -OCH3 is 1. The molecule has 5 nitrogen and oxygen atoms in total. The van der Waals surface area contributed by atoms with E-state index in [0.29, 0.717) is 6.61 Å². The van der Waals surface area contributed by atoms with Crippen molar-refractivity contribution in [3.8, 4) is 5.75 Å². The summed E-state index contributed by atoms with van der Waals surface area (Å²) in [5.74, 6) is -0.270. The molecule has 2 rings (SSSR count). The lowest BCUT2D eigenvalue weighted by Gasteiger charge is -2.41. The Morgan fingerprint density at radius 3 is 2.78 bits per heavy atom. The van der Waals surface area contributed by atoms with Crippen molar-refractivity contribution in [3.63, 3.8) is 0 Å². The zero-order valence-corrected chi connectivity index (χ0v) is 16.6. The van der Waals surface area contributed by atoms with Gasteiger partial charge in [-0.05, 0) is 45.6 Å². The molecule has 5 heteroatoms. The second-order valence-electron chi connectivity index (χ2n) is 7.45. The highest BCUT2D eigenvalue weighted by Crippen LogP contribution is 2.41. The number of unbranched alkanes of at least 4 members (excludes halogenated alkanes) is 3. The lowest BCUT2D eigenvalue weighted by atomic mass is 9.91. The van der Waals surface area contributed by atoms with Gasteiger partial charge in [-0.25, -0.2) is 0 Å². The van der Waals surface area contributed by atoms with E-state index in [4.69, 9.17) is 19.3 Å². The van der Waals surface area contributed by atoms with Crippen LogP contribution in [-0.4, -0.2) is 30.6 Å². The minimum Gasteiger partial charge on any atom is -0.496 e. The summed E-state index contributed by atoms with van der Waals surface area (Å²) in [4.78, 5) is 10.5. The molecule has 0 unspecified atom stereocenters. The Morgan fingerprint density at radius 1 is 1.26 bits per heavy atom. The van der Waals surface area contributed by atoms with Crippen LogP contribution in [0, 0.1) is 5.92 Å². The van der Waals surface area contributed by atoms with Crippen LogP contribution in [0.3, 0.4) is 0 Å². The maximum Gasteiger partial charge on any atom is 0.303 e. The van der Waals surface area contributed by atoms with Gasteiger partial charge >= 0.3 is 5.97 Å². The lowest BCUT2D eigenvalue weighted by Crippen LogP contribution is -2.41. The summed E-state index contributed by atoms with van der Waals surface area (Å²) in [5.41, 5.74) is 1.06. The Hall–Kier alpha value is -1.85. The van der Waals surface area contributed by atoms with Gasteiger partial charge < -0.3 is 19.3 Å². The van der Waals surface area contributed by atoms with Crippen molar-refractivity contribution in [1.82, 2.24) is 0 Å². The number of hydrogen-bond donors (Lipinski definition) is 1. The van der Waals surface area contributed by atoms with E-state index in [9.17, 15) is 4.79 Å². The molecule has 1 aliphatic heterocycles. The molecule has 1 N–H and O–H groups in total. The van der Waals surface area contributed by atoms with Crippen molar-refractivity contribution in [2.45, 2.75) is 64.3 Å². The van der Waals surface area contributed by atoms with Crippen LogP contribution in [0.25, 0.3) is 0 Å². The van der Waals surface area contributed by atoms with E-state index in [1.807, 2.05) is 32.0 Å². The lowest BCUT2D eigenvalue weighted by molar-refractivity contribution is -0.295. The van der Waals surface area contributed by atoms with E-state index in [1.165, 1.54) is 0 Å². The summed E-state index contributed by atoms with van der Waals surface area (Å²) in [5, 5.41) is 8.64. The fourth-order valence-corrected chi connectivity index (χ4v) is 3.35. The van der Waals surface area contributed by atoms with Crippen LogP contribution in [0.4, 0.5) is 0 Å². The molecule has 1 aromatic rings. The maximum absolute atomic E-state index is 10.5. The predicted octanol–water partition coefficient (Wildman–Crippen LogP) is 5.12. The van der Waals surface area contributed by atoms with E-state index in [0.717, 1.165) is 43.4 Å². The van der Waals surface area contributed by atoms with Crippen LogP contribution >= 0.6 is 0 Å². The molecule has 0 amide bonds. The molecule has 2 atom stereocenters. The molecule has 1 heterocycles. The van der Waals surface area contributed by atoms with Crippen LogP contribution in [0.2, 0.25) is 0 Å². The van der Waals surface area contributed by atoms with E-state index < -0.39 is 11.8 Å². The number of aliphatic carboxylic acids is 1. The third-order valence-corrected chi connectivity index (χ3v) is 4.80. The van der Waals surface area contributed by atoms with Crippen LogP contribution in [0.1, 0.15) is 64.0 Å². The van der Waals surface area contributed by atoms with Gasteiger partial charge in [-0.15, -0.1) is 0 Å². The van der Waals surface area contributed by atoms with E-state index >= 15 is 0 Å². The summed E-state index contributed by atoms with van der Waals surface area (Å²) >= 11 is 0. The first kappa shape index (κ1) is 21.5. The van der Waals surface area contributed by atoms with Crippen LogP contribution in [-0.2, 0) is 14.3 Å². The fourth-order valence-electron chi connectivity index (χ4n) is 3.35. The Morgan fingerprint density at radius 2 is 2.04 bits per heavy atom. The third-order valence-electron chi connectivity index (χ3n) is 4.80. The van der Waals surface area contributed by atoms with Gasteiger partial charge in [0.1, 0.15) is 5.75 Å². The van der Waals surface area contributed by atoms with Gasteiger partial charge in [0.05, 0.1) is 19.8 Å². The van der Waals surface area contributed by atoms with E-state index in [2.05, 4.69) is 18.2 Å². The molecule has 150 valence electrons. The number of carboxylic acid groups (broad SMARTS) is 1. The van der Waals surface area contributed by atoms with Crippen LogP contribution in [0.15, 0.2) is 36.4 Å². The zero-order valence-electron chi connectivity index (χ0n) is 16.6. The van der Waals surface area contributed by atoms with Crippen molar-refractivity contribution in [2.24, 2.45) is 5.92 Å². The minimum absolute atomic E-state index is 0.0786. The average molecular weight is 376 g/mol. The van der Waals surface area contributed by atoms with Gasteiger partial charge in [0.2, 0.25) is 0 Å². The minimum atomic E-state index is -0.715. The van der Waals surface area contributed by atoms with Gasteiger partial charge in [0.25, 0.3) is 0 Å². The number of para-hydroxylation sites is 1. The molecule has 0 aliphatic carbocycles. The Kier molecular flexibility index (Phi) is 8.32. The molecule has 27 heavy (non-hydrogen) atoms. The standard InChI is InChI=1S/C22H32O5/c1-22(2)26-16-17(12-8-6-4-5-7-9-15-20(23)24)21(27-22)18-13-10-11-14-19(18)25-3/h6,8,10-11,13-14,17,21H,4-5,7,9,12,15-16H2,1-3H3,(H,23,24)/t17-,21+/m1/s1. The molecule has 0 saturated carbocycles. The first-order chi connectivity index (χ1) is 12.9. The van der Waals surface area contributed by atoms with Gasteiger partial charge in [-0.2, -0.15) is 0 Å². The Bertz CT molecular complexity index is 623. The summed E-state index contributed by atoms with van der Waals surface area (Å²) in [6.07, 6.45) is 9.11. The van der Waals surface area contributed by atoms with Crippen molar-refractivity contribution in [1.29, 1.82) is 0 Å². The first-order valence-electron chi connectivity index (χ1n) is 9.74. The van der Waals surface area contributed by atoms with Crippen molar-refractivity contribution < 1.29 is 24.1 Å². The number of benzene rings is 1. The van der Waals surface area contributed by atoms with E-state index in [1.54, 1.807) is 7.11 Å².